The number of rotatable bonds is 6. The molecular weight excluding hydrogens is 376 g/mol. The maximum absolute atomic E-state index is 13.5. The lowest BCUT2D eigenvalue weighted by Gasteiger charge is -2.35. The van der Waals surface area contributed by atoms with Crippen molar-refractivity contribution in [3.63, 3.8) is 0 Å². The molecule has 30 heavy (non-hydrogen) atoms. The summed E-state index contributed by atoms with van der Waals surface area (Å²) in [4.78, 5) is 43.2. The van der Waals surface area contributed by atoms with E-state index in [1.165, 1.54) is 4.90 Å². The highest BCUT2D eigenvalue weighted by Crippen LogP contribution is 2.32. The summed E-state index contributed by atoms with van der Waals surface area (Å²) in [6, 6.07) is 19.5. The number of hydrogen-bond donors (Lipinski definition) is 0. The molecule has 0 spiro atoms. The first-order valence-corrected chi connectivity index (χ1v) is 10.3. The minimum Gasteiger partial charge on any atom is -0.341 e. The molecule has 0 aromatic heterocycles. The Bertz CT molecular complexity index is 1070. The predicted octanol–water partition coefficient (Wildman–Crippen LogP) is 3.92. The van der Waals surface area contributed by atoms with E-state index < -0.39 is 17.9 Å². The molecule has 5 nitrogen and oxygen atoms in total. The Kier molecular flexibility index (Phi) is 5.36. The van der Waals surface area contributed by atoms with E-state index in [0.717, 1.165) is 10.9 Å². The summed E-state index contributed by atoms with van der Waals surface area (Å²) in [5.41, 5.74) is 1.84. The van der Waals surface area contributed by atoms with Crippen molar-refractivity contribution in [1.82, 2.24) is 9.80 Å². The molecule has 3 amide bonds. The molecule has 0 saturated heterocycles. The monoisotopic (exact) mass is 400 g/mol. The molecule has 1 aliphatic heterocycles. The van der Waals surface area contributed by atoms with Gasteiger partial charge in [0.05, 0.1) is 0 Å². The van der Waals surface area contributed by atoms with E-state index in [0.29, 0.717) is 29.6 Å². The topological polar surface area (TPSA) is 57.7 Å². The summed E-state index contributed by atoms with van der Waals surface area (Å²) in [5, 5.41) is 1.51. The van der Waals surface area contributed by atoms with Gasteiger partial charge in [0.15, 0.2) is 0 Å². The number of nitrogens with zero attached hydrogens (tertiary/aromatic N) is 2. The number of carbonyl (C=O) groups is 3. The van der Waals surface area contributed by atoms with Gasteiger partial charge in [-0.2, -0.15) is 0 Å². The zero-order chi connectivity index (χ0) is 21.3. The standard InChI is InChI=1S/C25H24N2O3/c1-3-26(4-2)25(30)21(16-17-10-6-5-7-11-17)27-23(28)19-14-8-12-18-13-9-15-20(22(18)19)24(27)29/h5-15,21H,3-4,16H2,1-2H3. The molecule has 3 aromatic rings. The second-order valence-electron chi connectivity index (χ2n) is 7.41. The fourth-order valence-electron chi connectivity index (χ4n) is 4.20. The first kappa shape index (κ1) is 19.8. The molecule has 3 aromatic carbocycles. The maximum atomic E-state index is 13.5. The van der Waals surface area contributed by atoms with Crippen molar-refractivity contribution in [1.29, 1.82) is 0 Å². The molecule has 0 saturated carbocycles. The number of benzene rings is 3. The maximum Gasteiger partial charge on any atom is 0.262 e. The minimum absolute atomic E-state index is 0.211. The number of likely N-dealkylation sites (N-methyl/N-ethyl adjacent to an activating group) is 1. The summed E-state index contributed by atoms with van der Waals surface area (Å²) >= 11 is 0. The highest BCUT2D eigenvalue weighted by molar-refractivity contribution is 6.26. The predicted molar refractivity (Wildman–Crippen MR) is 116 cm³/mol. The summed E-state index contributed by atoms with van der Waals surface area (Å²) in [6.07, 6.45) is 0.284. The summed E-state index contributed by atoms with van der Waals surface area (Å²) < 4.78 is 0. The Morgan fingerprint density at radius 2 is 1.40 bits per heavy atom. The summed E-state index contributed by atoms with van der Waals surface area (Å²) in [7, 11) is 0. The van der Waals surface area contributed by atoms with Crippen molar-refractivity contribution in [2.45, 2.75) is 26.3 Å². The van der Waals surface area contributed by atoms with E-state index in [-0.39, 0.29) is 12.3 Å². The van der Waals surface area contributed by atoms with Crippen LogP contribution in [0, 0.1) is 0 Å². The SMILES string of the molecule is CCN(CC)C(=O)C(Cc1ccccc1)N1C(=O)c2cccc3cccc(c23)C1=O. The minimum atomic E-state index is -0.893. The lowest BCUT2D eigenvalue weighted by molar-refractivity contribution is -0.135. The van der Waals surface area contributed by atoms with Gasteiger partial charge < -0.3 is 4.90 Å². The van der Waals surface area contributed by atoms with Gasteiger partial charge in [-0.1, -0.05) is 54.6 Å². The van der Waals surface area contributed by atoms with E-state index in [1.807, 2.05) is 68.4 Å². The van der Waals surface area contributed by atoms with Gasteiger partial charge in [0.25, 0.3) is 11.8 Å². The van der Waals surface area contributed by atoms with E-state index in [2.05, 4.69) is 0 Å². The van der Waals surface area contributed by atoms with Gasteiger partial charge in [0.1, 0.15) is 6.04 Å². The van der Waals surface area contributed by atoms with Crippen molar-refractivity contribution in [3.8, 4) is 0 Å². The van der Waals surface area contributed by atoms with Crippen LogP contribution < -0.4 is 0 Å². The summed E-state index contributed by atoms with van der Waals surface area (Å²) in [6.45, 7) is 4.83. The van der Waals surface area contributed by atoms with Gasteiger partial charge >= 0.3 is 0 Å². The fourth-order valence-corrected chi connectivity index (χ4v) is 4.20. The van der Waals surface area contributed by atoms with Crippen LogP contribution in [0.1, 0.15) is 40.1 Å². The number of carbonyl (C=O) groups excluding carboxylic acids is 3. The highest BCUT2D eigenvalue weighted by Gasteiger charge is 2.41. The van der Waals surface area contributed by atoms with Crippen molar-refractivity contribution in [2.75, 3.05) is 13.1 Å². The smallest absolute Gasteiger partial charge is 0.262 e. The van der Waals surface area contributed by atoms with Gasteiger partial charge in [-0.15, -0.1) is 0 Å². The van der Waals surface area contributed by atoms with Crippen LogP contribution in [0.2, 0.25) is 0 Å². The molecule has 0 fully saturated rings. The molecule has 0 bridgehead atoms. The molecule has 1 atom stereocenters. The molecule has 152 valence electrons. The van der Waals surface area contributed by atoms with Crippen molar-refractivity contribution in [2.24, 2.45) is 0 Å². The molecule has 0 aliphatic carbocycles. The second kappa shape index (κ2) is 8.11. The number of hydrogen-bond acceptors (Lipinski definition) is 3. The third kappa shape index (κ3) is 3.26. The molecule has 0 N–H and O–H groups in total. The molecule has 1 aliphatic rings. The quantitative estimate of drug-likeness (QED) is 0.590. The van der Waals surface area contributed by atoms with Crippen LogP contribution in [0.5, 0.6) is 0 Å². The Morgan fingerprint density at radius 1 is 0.833 bits per heavy atom. The van der Waals surface area contributed by atoms with E-state index >= 15 is 0 Å². The van der Waals surface area contributed by atoms with Crippen LogP contribution >= 0.6 is 0 Å². The summed E-state index contributed by atoms with van der Waals surface area (Å²) in [5.74, 6) is -1.03. The van der Waals surface area contributed by atoms with Gasteiger partial charge in [-0.3, -0.25) is 19.3 Å². The molecule has 5 heteroatoms. The first-order valence-electron chi connectivity index (χ1n) is 10.3. The zero-order valence-corrected chi connectivity index (χ0v) is 17.2. The van der Waals surface area contributed by atoms with Crippen molar-refractivity contribution in [3.05, 3.63) is 83.4 Å². The van der Waals surface area contributed by atoms with Gasteiger partial charge in [0, 0.05) is 36.0 Å². The highest BCUT2D eigenvalue weighted by atomic mass is 16.2. The van der Waals surface area contributed by atoms with E-state index in [4.69, 9.17) is 0 Å². The molecule has 0 radical (unpaired) electrons. The normalized spacial score (nSPS) is 14.1. The van der Waals surface area contributed by atoms with Crippen LogP contribution in [0.4, 0.5) is 0 Å². The molecular formula is C25H24N2O3. The number of amides is 3. The number of imide groups is 1. The van der Waals surface area contributed by atoms with Crippen molar-refractivity contribution < 1.29 is 14.4 Å². The third-order valence-corrected chi connectivity index (χ3v) is 5.75. The Labute approximate surface area is 175 Å². The average Bonchev–Trinajstić information content (AvgIpc) is 2.78. The Balaban J connectivity index is 1.83. The van der Waals surface area contributed by atoms with Crippen LogP contribution in [0.15, 0.2) is 66.7 Å². The second-order valence-corrected chi connectivity index (χ2v) is 7.41. The van der Waals surface area contributed by atoms with E-state index in [9.17, 15) is 14.4 Å². The zero-order valence-electron chi connectivity index (χ0n) is 17.2. The Morgan fingerprint density at radius 3 is 1.93 bits per heavy atom. The Hall–Kier alpha value is -3.47. The van der Waals surface area contributed by atoms with Crippen LogP contribution in [-0.2, 0) is 11.2 Å². The van der Waals surface area contributed by atoms with Gasteiger partial charge in [-0.25, -0.2) is 0 Å². The molecule has 1 unspecified atom stereocenters. The molecule has 4 rings (SSSR count). The fraction of sp³-hybridized carbons (Fsp3) is 0.240. The first-order chi connectivity index (χ1) is 14.6. The molecule has 1 heterocycles. The largest absolute Gasteiger partial charge is 0.341 e. The van der Waals surface area contributed by atoms with Crippen molar-refractivity contribution >= 4 is 28.5 Å². The lowest BCUT2D eigenvalue weighted by Crippen LogP contribution is -2.55. The van der Waals surface area contributed by atoms with Gasteiger partial charge in [0.2, 0.25) is 5.91 Å². The third-order valence-electron chi connectivity index (χ3n) is 5.75. The van der Waals surface area contributed by atoms with Crippen LogP contribution in [-0.4, -0.2) is 46.7 Å². The lowest BCUT2D eigenvalue weighted by atomic mass is 9.91. The van der Waals surface area contributed by atoms with Crippen LogP contribution in [0.25, 0.3) is 10.8 Å². The van der Waals surface area contributed by atoms with Gasteiger partial charge in [-0.05, 0) is 36.9 Å². The van der Waals surface area contributed by atoms with Crippen LogP contribution in [0.3, 0.4) is 0 Å². The van der Waals surface area contributed by atoms with E-state index in [1.54, 1.807) is 17.0 Å². The average molecular weight is 400 g/mol.